The Morgan fingerprint density at radius 1 is 1.00 bits per heavy atom. The molecule has 1 heterocycles. The molecule has 0 aliphatic heterocycles. The van der Waals surface area contributed by atoms with E-state index >= 15 is 0 Å². The lowest BCUT2D eigenvalue weighted by Crippen LogP contribution is -2.15. The van der Waals surface area contributed by atoms with Crippen molar-refractivity contribution in [2.24, 2.45) is 0 Å². The second-order valence-corrected chi connectivity index (χ2v) is 8.63. The largest absolute Gasteiger partial charge is 0.497 e. The zero-order valence-electron chi connectivity index (χ0n) is 16.4. The summed E-state index contributed by atoms with van der Waals surface area (Å²) >= 11 is 0. The maximum absolute atomic E-state index is 12.7. The molecule has 0 bridgehead atoms. The smallest absolute Gasteiger partial charge is 0.272 e. The Balaban J connectivity index is 1.50. The van der Waals surface area contributed by atoms with Gasteiger partial charge in [0.1, 0.15) is 11.5 Å². The number of ether oxygens (including phenoxy) is 2. The Morgan fingerprint density at radius 3 is 2.38 bits per heavy atom. The molecule has 0 fully saturated rings. The number of aromatic nitrogens is 4. The Morgan fingerprint density at radius 2 is 1.69 bits per heavy atom. The average Bonchev–Trinajstić information content (AvgIpc) is 3.24. The summed E-state index contributed by atoms with van der Waals surface area (Å²) in [6, 6.07) is 16.3. The van der Waals surface area contributed by atoms with E-state index in [0.29, 0.717) is 18.5 Å². The molecule has 154 valence electrons. The number of methoxy groups -OCH3 is 1. The van der Waals surface area contributed by atoms with Crippen molar-refractivity contribution in [2.45, 2.75) is 37.4 Å². The summed E-state index contributed by atoms with van der Waals surface area (Å²) in [5.74, 6) is 1.51. The quantitative estimate of drug-likeness (QED) is 0.469. The number of rotatable bonds is 10. The molecular weight excluding hydrogens is 392 g/mol. The molecule has 0 saturated heterocycles. The first-order valence-electron chi connectivity index (χ1n) is 9.37. The minimum absolute atomic E-state index is 0.0184. The van der Waals surface area contributed by atoms with Crippen molar-refractivity contribution in [2.75, 3.05) is 12.9 Å². The topological polar surface area (TPSA) is 96.2 Å². The van der Waals surface area contributed by atoms with Gasteiger partial charge in [0.25, 0.3) is 5.16 Å². The normalized spacial score (nSPS) is 12.5. The van der Waals surface area contributed by atoms with Crippen molar-refractivity contribution >= 4 is 9.84 Å². The summed E-state index contributed by atoms with van der Waals surface area (Å²) in [5, 5.41) is 10.9. The van der Waals surface area contributed by atoms with Crippen LogP contribution in [0.15, 0.2) is 59.8 Å². The highest BCUT2D eigenvalue weighted by Gasteiger charge is 2.23. The number of hydrogen-bond acceptors (Lipinski definition) is 7. The van der Waals surface area contributed by atoms with E-state index in [1.165, 1.54) is 4.68 Å². The maximum Gasteiger partial charge on any atom is 0.272 e. The first-order valence-corrected chi connectivity index (χ1v) is 11.0. The van der Waals surface area contributed by atoms with Gasteiger partial charge in [-0.2, -0.15) is 4.68 Å². The summed E-state index contributed by atoms with van der Waals surface area (Å²) in [7, 11) is -1.97. The zero-order chi connectivity index (χ0) is 20.7. The fourth-order valence-electron chi connectivity index (χ4n) is 2.86. The Labute approximate surface area is 170 Å². The van der Waals surface area contributed by atoms with Crippen LogP contribution in [0, 0.1) is 0 Å². The Kier molecular flexibility index (Phi) is 6.82. The second-order valence-electron chi connectivity index (χ2n) is 6.63. The Hall–Kier alpha value is -2.94. The van der Waals surface area contributed by atoms with Crippen LogP contribution >= 0.6 is 0 Å². The van der Waals surface area contributed by atoms with Crippen molar-refractivity contribution in [1.82, 2.24) is 20.2 Å². The second kappa shape index (κ2) is 9.51. The lowest BCUT2D eigenvalue weighted by molar-refractivity contribution is 0.207. The number of nitrogens with zero attached hydrogens (tertiary/aromatic N) is 4. The van der Waals surface area contributed by atoms with Crippen molar-refractivity contribution < 1.29 is 17.9 Å². The lowest BCUT2D eigenvalue weighted by Gasteiger charge is -2.15. The minimum Gasteiger partial charge on any atom is -0.497 e. The maximum atomic E-state index is 12.7. The van der Waals surface area contributed by atoms with Crippen LogP contribution in [0.3, 0.4) is 0 Å². The van der Waals surface area contributed by atoms with Crippen LogP contribution in [0.25, 0.3) is 5.69 Å². The number of para-hydroxylation sites is 1. The molecule has 8 nitrogen and oxygen atoms in total. The zero-order valence-corrected chi connectivity index (χ0v) is 17.2. The summed E-state index contributed by atoms with van der Waals surface area (Å²) in [4.78, 5) is 0. The van der Waals surface area contributed by atoms with Gasteiger partial charge in [-0.1, -0.05) is 23.3 Å². The molecule has 29 heavy (non-hydrogen) atoms. The van der Waals surface area contributed by atoms with Crippen molar-refractivity contribution in [3.63, 3.8) is 0 Å². The molecule has 0 aliphatic carbocycles. The van der Waals surface area contributed by atoms with Crippen LogP contribution in [-0.2, 0) is 9.84 Å². The molecule has 0 saturated carbocycles. The third kappa shape index (κ3) is 5.54. The summed E-state index contributed by atoms with van der Waals surface area (Å²) in [5.41, 5.74) is 0.609. The lowest BCUT2D eigenvalue weighted by atomic mass is 10.2. The molecule has 0 radical (unpaired) electrons. The van der Waals surface area contributed by atoms with E-state index in [9.17, 15) is 8.42 Å². The van der Waals surface area contributed by atoms with Gasteiger partial charge in [0.15, 0.2) is 0 Å². The summed E-state index contributed by atoms with van der Waals surface area (Å²) in [6.07, 6.45) is 1.93. The van der Waals surface area contributed by atoms with E-state index in [1.807, 2.05) is 37.3 Å². The van der Waals surface area contributed by atoms with Gasteiger partial charge in [-0.3, -0.25) is 0 Å². The van der Waals surface area contributed by atoms with Gasteiger partial charge in [-0.05, 0) is 73.0 Å². The molecule has 9 heteroatoms. The van der Waals surface area contributed by atoms with Gasteiger partial charge in [0.2, 0.25) is 9.84 Å². The number of unbranched alkanes of at least 4 members (excludes halogenated alkanes) is 1. The van der Waals surface area contributed by atoms with E-state index < -0.39 is 9.84 Å². The molecule has 3 rings (SSSR count). The Bertz CT molecular complexity index is 1000. The highest BCUT2D eigenvalue weighted by Crippen LogP contribution is 2.20. The van der Waals surface area contributed by atoms with Gasteiger partial charge in [0, 0.05) is 0 Å². The van der Waals surface area contributed by atoms with E-state index in [-0.39, 0.29) is 17.0 Å². The first-order chi connectivity index (χ1) is 14.0. The van der Waals surface area contributed by atoms with Crippen molar-refractivity contribution in [3.8, 4) is 17.2 Å². The SMILES string of the molecule is COc1ccc(O[C@@H](C)CCCCS(=O)(=O)c2nnnn2-c2ccccc2)cc1. The third-order valence-electron chi connectivity index (χ3n) is 4.39. The fraction of sp³-hybridized carbons (Fsp3) is 0.350. The third-order valence-corrected chi connectivity index (χ3v) is 6.03. The molecule has 0 spiro atoms. The standard InChI is InChI=1S/C20H24N4O4S/c1-16(28-19-13-11-18(27-2)12-14-19)8-6-7-15-29(25,26)20-21-22-23-24(20)17-9-4-3-5-10-17/h3-5,9-14,16H,6-8,15H2,1-2H3/t16-/m0/s1. The predicted octanol–water partition coefficient (Wildman–Crippen LogP) is 3.08. The summed E-state index contributed by atoms with van der Waals surface area (Å²) < 4.78 is 37.6. The van der Waals surface area contributed by atoms with E-state index in [2.05, 4.69) is 15.5 Å². The molecule has 0 unspecified atom stereocenters. The van der Waals surface area contributed by atoms with Crippen LogP contribution in [0.1, 0.15) is 26.2 Å². The molecule has 0 N–H and O–H groups in total. The van der Waals surface area contributed by atoms with Crippen molar-refractivity contribution in [1.29, 1.82) is 0 Å². The summed E-state index contributed by atoms with van der Waals surface area (Å²) in [6.45, 7) is 1.97. The molecule has 0 amide bonds. The number of benzene rings is 2. The number of tetrazole rings is 1. The highest BCUT2D eigenvalue weighted by molar-refractivity contribution is 7.91. The molecule has 0 aliphatic rings. The van der Waals surface area contributed by atoms with Crippen LogP contribution in [0.5, 0.6) is 11.5 Å². The molecule has 1 aromatic heterocycles. The molecule has 1 atom stereocenters. The van der Waals surface area contributed by atoms with Gasteiger partial charge in [-0.15, -0.1) is 0 Å². The molecule has 2 aromatic carbocycles. The van der Waals surface area contributed by atoms with E-state index in [1.54, 1.807) is 31.4 Å². The van der Waals surface area contributed by atoms with Crippen LogP contribution in [-0.4, -0.2) is 47.6 Å². The van der Waals surface area contributed by atoms with E-state index in [4.69, 9.17) is 9.47 Å². The first kappa shape index (κ1) is 20.8. The minimum atomic E-state index is -3.59. The average molecular weight is 417 g/mol. The van der Waals surface area contributed by atoms with Crippen LogP contribution in [0.4, 0.5) is 0 Å². The van der Waals surface area contributed by atoms with Gasteiger partial charge in [-0.25, -0.2) is 8.42 Å². The highest BCUT2D eigenvalue weighted by atomic mass is 32.2. The van der Waals surface area contributed by atoms with Crippen LogP contribution < -0.4 is 9.47 Å². The molecule has 3 aromatic rings. The monoisotopic (exact) mass is 416 g/mol. The fourth-order valence-corrected chi connectivity index (χ4v) is 4.20. The van der Waals surface area contributed by atoms with Gasteiger partial charge in [0.05, 0.1) is 24.7 Å². The predicted molar refractivity (Wildman–Crippen MR) is 108 cm³/mol. The number of sulfone groups is 1. The molecular formula is C20H24N4O4S. The van der Waals surface area contributed by atoms with Gasteiger partial charge < -0.3 is 9.47 Å². The van der Waals surface area contributed by atoms with Gasteiger partial charge >= 0.3 is 0 Å². The van der Waals surface area contributed by atoms with E-state index in [0.717, 1.165) is 17.9 Å². The van der Waals surface area contributed by atoms with Crippen LogP contribution in [0.2, 0.25) is 0 Å². The number of hydrogen-bond donors (Lipinski definition) is 0. The van der Waals surface area contributed by atoms with Crippen molar-refractivity contribution in [3.05, 3.63) is 54.6 Å².